The maximum Gasteiger partial charge on any atom is 0.446 e. The highest BCUT2D eigenvalue weighted by atomic mass is 35.5. The molecule has 0 amide bonds. The van der Waals surface area contributed by atoms with E-state index in [1.54, 1.807) is 6.07 Å². The molecular weight excluding hydrogens is 327 g/mol. The zero-order valence-electron chi connectivity index (χ0n) is 9.90. The van der Waals surface area contributed by atoms with Crippen LogP contribution in [-0.4, -0.2) is 5.51 Å². The van der Waals surface area contributed by atoms with Crippen molar-refractivity contribution in [2.24, 2.45) is 0 Å². The number of anilines is 2. The smallest absolute Gasteiger partial charge is 0.353 e. The number of benzene rings is 2. The molecule has 0 saturated carbocycles. The fourth-order valence-electron chi connectivity index (χ4n) is 1.84. The third kappa shape index (κ3) is 3.19. The number of para-hydroxylation sites is 2. The molecule has 0 saturated heterocycles. The average Bonchev–Trinajstić information content (AvgIpc) is 2.35. The van der Waals surface area contributed by atoms with Crippen molar-refractivity contribution in [3.63, 3.8) is 0 Å². The molecule has 0 unspecified atom stereocenters. The third-order valence-corrected chi connectivity index (χ3v) is 4.51. The van der Waals surface area contributed by atoms with Gasteiger partial charge in [0.15, 0.2) is 0 Å². The Morgan fingerprint density at radius 3 is 2.40 bits per heavy atom. The van der Waals surface area contributed by atoms with E-state index >= 15 is 0 Å². The lowest BCUT2D eigenvalue weighted by atomic mass is 10.2. The molecule has 2 aromatic carbocycles. The molecule has 1 aliphatic rings. The van der Waals surface area contributed by atoms with Gasteiger partial charge in [0, 0.05) is 14.7 Å². The van der Waals surface area contributed by atoms with Gasteiger partial charge in [-0.15, -0.1) is 12.4 Å². The lowest BCUT2D eigenvalue weighted by molar-refractivity contribution is -0.0328. The second-order valence-corrected chi connectivity index (χ2v) is 6.09. The first kappa shape index (κ1) is 15.4. The highest BCUT2D eigenvalue weighted by Gasteiger charge is 2.31. The summed E-state index contributed by atoms with van der Waals surface area (Å²) in [6, 6.07) is 12.5. The molecule has 106 valence electrons. The molecule has 1 heterocycles. The van der Waals surface area contributed by atoms with Gasteiger partial charge in [-0.1, -0.05) is 30.0 Å². The summed E-state index contributed by atoms with van der Waals surface area (Å²) in [5, 5.41) is 3.09. The first-order chi connectivity index (χ1) is 9.03. The van der Waals surface area contributed by atoms with Crippen molar-refractivity contribution >= 4 is 47.3 Å². The van der Waals surface area contributed by atoms with Crippen LogP contribution in [0.1, 0.15) is 0 Å². The zero-order valence-corrected chi connectivity index (χ0v) is 12.3. The summed E-state index contributed by atoms with van der Waals surface area (Å²) >= 11 is 1.39. The minimum absolute atomic E-state index is 0. The molecule has 20 heavy (non-hydrogen) atoms. The second-order valence-electron chi connectivity index (χ2n) is 3.90. The minimum atomic E-state index is -4.28. The second kappa shape index (κ2) is 5.79. The van der Waals surface area contributed by atoms with E-state index in [1.807, 2.05) is 30.3 Å². The van der Waals surface area contributed by atoms with Crippen molar-refractivity contribution in [1.82, 2.24) is 0 Å². The normalized spacial score (nSPS) is 12.8. The van der Waals surface area contributed by atoms with Crippen LogP contribution in [0.4, 0.5) is 24.5 Å². The Bertz CT molecular complexity index is 631. The van der Waals surface area contributed by atoms with Crippen molar-refractivity contribution in [2.45, 2.75) is 20.2 Å². The van der Waals surface area contributed by atoms with Gasteiger partial charge in [-0.05, 0) is 36.0 Å². The predicted molar refractivity (Wildman–Crippen MR) is 79.4 cm³/mol. The molecule has 1 N–H and O–H groups in total. The summed E-state index contributed by atoms with van der Waals surface area (Å²) < 4.78 is 37.6. The van der Waals surface area contributed by atoms with Crippen molar-refractivity contribution in [1.29, 1.82) is 0 Å². The Hall–Kier alpha value is -0.980. The van der Waals surface area contributed by atoms with E-state index in [-0.39, 0.29) is 29.1 Å². The van der Waals surface area contributed by atoms with Crippen LogP contribution >= 0.6 is 35.9 Å². The molecule has 0 atom stereocenters. The van der Waals surface area contributed by atoms with E-state index in [4.69, 9.17) is 0 Å². The van der Waals surface area contributed by atoms with Crippen LogP contribution in [0, 0.1) is 0 Å². The summed E-state index contributed by atoms with van der Waals surface area (Å²) in [6.45, 7) is 0. The molecular formula is C13H9ClF3NS2. The maximum absolute atomic E-state index is 12.5. The number of hydrogen-bond acceptors (Lipinski definition) is 3. The maximum atomic E-state index is 12.5. The summed E-state index contributed by atoms with van der Waals surface area (Å²) in [5.41, 5.74) is -2.90. The van der Waals surface area contributed by atoms with Gasteiger partial charge in [0.2, 0.25) is 0 Å². The topological polar surface area (TPSA) is 12.0 Å². The van der Waals surface area contributed by atoms with Crippen LogP contribution < -0.4 is 5.32 Å². The predicted octanol–water partition coefficient (Wildman–Crippen LogP) is 5.93. The summed E-state index contributed by atoms with van der Waals surface area (Å²) in [6.07, 6.45) is 0. The number of alkyl halides is 3. The van der Waals surface area contributed by atoms with E-state index in [0.29, 0.717) is 5.69 Å². The standard InChI is InChI=1S/C13H8F3NS2.ClH/c14-13(15,16)19-11-7-3-6-10-12(11)17-8-4-1-2-5-9(8)18-10;/h1-7,17H;1H. The van der Waals surface area contributed by atoms with Crippen molar-refractivity contribution in [3.8, 4) is 0 Å². The number of nitrogens with one attached hydrogen (secondary N) is 1. The Labute approximate surface area is 128 Å². The third-order valence-electron chi connectivity index (χ3n) is 2.58. The lowest BCUT2D eigenvalue weighted by Crippen LogP contribution is -2.04. The van der Waals surface area contributed by atoms with Gasteiger partial charge in [-0.25, -0.2) is 0 Å². The van der Waals surface area contributed by atoms with E-state index in [2.05, 4.69) is 5.32 Å². The van der Waals surface area contributed by atoms with Gasteiger partial charge >= 0.3 is 5.51 Å². The first-order valence-electron chi connectivity index (χ1n) is 5.45. The van der Waals surface area contributed by atoms with Gasteiger partial charge < -0.3 is 5.32 Å². The Kier molecular flexibility index (Phi) is 4.46. The lowest BCUT2D eigenvalue weighted by Gasteiger charge is -2.23. The summed E-state index contributed by atoms with van der Waals surface area (Å²) in [7, 11) is 0. The van der Waals surface area contributed by atoms with Crippen LogP contribution in [0.25, 0.3) is 0 Å². The summed E-state index contributed by atoms with van der Waals surface area (Å²) in [5.74, 6) is 0. The molecule has 7 heteroatoms. The molecule has 2 aromatic rings. The molecule has 0 aromatic heterocycles. The van der Waals surface area contributed by atoms with Gasteiger partial charge in [-0.2, -0.15) is 13.2 Å². The number of thioether (sulfide) groups is 1. The van der Waals surface area contributed by atoms with Crippen molar-refractivity contribution < 1.29 is 13.2 Å². The first-order valence-corrected chi connectivity index (χ1v) is 7.09. The highest BCUT2D eigenvalue weighted by molar-refractivity contribution is 8.01. The molecule has 3 rings (SSSR count). The van der Waals surface area contributed by atoms with Gasteiger partial charge in [0.05, 0.1) is 11.4 Å². The van der Waals surface area contributed by atoms with E-state index in [1.165, 1.54) is 17.8 Å². The Morgan fingerprint density at radius 1 is 0.950 bits per heavy atom. The molecule has 0 radical (unpaired) electrons. The molecule has 0 spiro atoms. The van der Waals surface area contributed by atoms with Crippen LogP contribution in [0.15, 0.2) is 57.2 Å². The number of hydrogen-bond donors (Lipinski definition) is 1. The van der Waals surface area contributed by atoms with Crippen LogP contribution in [-0.2, 0) is 0 Å². The summed E-state index contributed by atoms with van der Waals surface area (Å²) in [4.78, 5) is 2.03. The van der Waals surface area contributed by atoms with E-state index < -0.39 is 5.51 Å². The number of fused-ring (bicyclic) bond motifs is 2. The van der Waals surface area contributed by atoms with Crippen molar-refractivity contribution in [2.75, 3.05) is 5.32 Å². The molecule has 0 fully saturated rings. The molecule has 1 aliphatic heterocycles. The Balaban J connectivity index is 0.00000147. The molecule has 0 aliphatic carbocycles. The minimum Gasteiger partial charge on any atom is -0.353 e. The largest absolute Gasteiger partial charge is 0.446 e. The number of halogens is 4. The SMILES string of the molecule is Cl.FC(F)(F)Sc1cccc2c1Nc1ccccc1S2. The van der Waals surface area contributed by atoms with Gasteiger partial charge in [-0.3, -0.25) is 0 Å². The van der Waals surface area contributed by atoms with E-state index in [0.717, 1.165) is 15.5 Å². The highest BCUT2D eigenvalue weighted by Crippen LogP contribution is 2.50. The fraction of sp³-hybridized carbons (Fsp3) is 0.0769. The van der Waals surface area contributed by atoms with E-state index in [9.17, 15) is 13.2 Å². The Morgan fingerprint density at radius 2 is 1.65 bits per heavy atom. The van der Waals surface area contributed by atoms with Crippen molar-refractivity contribution in [3.05, 3.63) is 42.5 Å². The zero-order chi connectivity index (χ0) is 13.5. The fourth-order valence-corrected chi connectivity index (χ4v) is 3.59. The van der Waals surface area contributed by atoms with Gasteiger partial charge in [0.25, 0.3) is 0 Å². The number of rotatable bonds is 1. The average molecular weight is 336 g/mol. The molecule has 0 bridgehead atoms. The quantitative estimate of drug-likeness (QED) is 0.554. The van der Waals surface area contributed by atoms with Crippen LogP contribution in [0.5, 0.6) is 0 Å². The van der Waals surface area contributed by atoms with Crippen LogP contribution in [0.2, 0.25) is 0 Å². The van der Waals surface area contributed by atoms with Gasteiger partial charge in [0.1, 0.15) is 0 Å². The van der Waals surface area contributed by atoms with Crippen LogP contribution in [0.3, 0.4) is 0 Å². The monoisotopic (exact) mass is 335 g/mol. The molecule has 1 nitrogen and oxygen atoms in total.